The zero-order chi connectivity index (χ0) is 27.4. The SMILES string of the molecule is CCS(=O)(=O)O.COc1cc2c(cc1OC)[C@@H]1C[C@H](C[C@@H]3CCCCN31)OC(=O)CCc1ccc(O)c-2c1. The second-order valence-corrected chi connectivity index (χ2v) is 11.7. The average molecular weight is 548 g/mol. The molecule has 10 heteroatoms. The number of aromatic hydroxyl groups is 1. The molecule has 5 rings (SSSR count). The minimum absolute atomic E-state index is 0.0733. The maximum absolute atomic E-state index is 12.6. The first-order valence-corrected chi connectivity index (χ1v) is 14.7. The van der Waals surface area contributed by atoms with Crippen LogP contribution in [0.2, 0.25) is 0 Å². The number of piperidine rings is 2. The van der Waals surface area contributed by atoms with Crippen molar-refractivity contribution < 1.29 is 37.1 Å². The first-order valence-electron chi connectivity index (χ1n) is 13.1. The molecule has 208 valence electrons. The molecule has 0 aliphatic carbocycles. The Hall–Kier alpha value is -2.82. The van der Waals surface area contributed by atoms with Gasteiger partial charge in [0.05, 0.1) is 20.0 Å². The molecule has 4 bridgehead atoms. The Kier molecular flexibility index (Phi) is 8.85. The van der Waals surface area contributed by atoms with Crippen LogP contribution in [0.15, 0.2) is 30.3 Å². The molecule has 2 aromatic carbocycles. The van der Waals surface area contributed by atoms with Crippen molar-refractivity contribution in [1.29, 1.82) is 0 Å². The van der Waals surface area contributed by atoms with E-state index in [2.05, 4.69) is 4.90 Å². The summed E-state index contributed by atoms with van der Waals surface area (Å²) in [4.78, 5) is 15.2. The molecule has 2 fully saturated rings. The highest BCUT2D eigenvalue weighted by atomic mass is 32.2. The molecule has 9 nitrogen and oxygen atoms in total. The minimum atomic E-state index is -3.66. The van der Waals surface area contributed by atoms with Gasteiger partial charge in [0.1, 0.15) is 11.9 Å². The fraction of sp³-hybridized carbons (Fsp3) is 0.536. The zero-order valence-corrected chi connectivity index (χ0v) is 23.0. The van der Waals surface area contributed by atoms with Crippen molar-refractivity contribution in [2.24, 2.45) is 0 Å². The predicted octanol–water partition coefficient (Wildman–Crippen LogP) is 4.52. The smallest absolute Gasteiger partial charge is 0.306 e. The number of phenolic OH excluding ortho intramolecular Hbond substituents is 1. The van der Waals surface area contributed by atoms with Gasteiger partial charge < -0.3 is 19.3 Å². The van der Waals surface area contributed by atoms with E-state index in [0.717, 1.165) is 48.1 Å². The van der Waals surface area contributed by atoms with Gasteiger partial charge in [-0.25, -0.2) is 0 Å². The molecule has 0 aromatic heterocycles. The second-order valence-electron chi connectivity index (χ2n) is 10.0. The number of hydrogen-bond donors (Lipinski definition) is 2. The van der Waals surface area contributed by atoms with Crippen LogP contribution in [0.25, 0.3) is 11.1 Å². The van der Waals surface area contributed by atoms with Crippen LogP contribution in [0.4, 0.5) is 0 Å². The van der Waals surface area contributed by atoms with Crippen LogP contribution in [0, 0.1) is 0 Å². The second kappa shape index (κ2) is 11.9. The average Bonchev–Trinajstić information content (AvgIpc) is 2.91. The van der Waals surface area contributed by atoms with Gasteiger partial charge in [-0.3, -0.25) is 14.2 Å². The Balaban J connectivity index is 0.000000505. The highest BCUT2D eigenvalue weighted by molar-refractivity contribution is 7.85. The van der Waals surface area contributed by atoms with Gasteiger partial charge in [-0.2, -0.15) is 8.42 Å². The molecule has 0 amide bonds. The normalized spacial score (nSPS) is 23.3. The third kappa shape index (κ3) is 6.42. The molecule has 0 radical (unpaired) electrons. The molecule has 3 heterocycles. The van der Waals surface area contributed by atoms with E-state index in [-0.39, 0.29) is 29.6 Å². The maximum Gasteiger partial charge on any atom is 0.306 e. The summed E-state index contributed by atoms with van der Waals surface area (Å²) in [7, 11) is -0.385. The Labute approximate surface area is 224 Å². The van der Waals surface area contributed by atoms with Gasteiger partial charge in [-0.15, -0.1) is 0 Å². The topological polar surface area (TPSA) is 123 Å². The monoisotopic (exact) mass is 547 g/mol. The van der Waals surface area contributed by atoms with Gasteiger partial charge in [-0.1, -0.05) is 12.5 Å². The van der Waals surface area contributed by atoms with E-state index in [9.17, 15) is 18.3 Å². The Morgan fingerprint density at radius 2 is 1.74 bits per heavy atom. The summed E-state index contributed by atoms with van der Waals surface area (Å²) in [6.07, 6.45) is 5.95. The van der Waals surface area contributed by atoms with Crippen LogP contribution in [-0.4, -0.2) is 67.6 Å². The largest absolute Gasteiger partial charge is 0.507 e. The van der Waals surface area contributed by atoms with Crippen molar-refractivity contribution in [3.63, 3.8) is 0 Å². The Morgan fingerprint density at radius 1 is 1.03 bits per heavy atom. The number of esters is 1. The van der Waals surface area contributed by atoms with Crippen LogP contribution < -0.4 is 9.47 Å². The van der Waals surface area contributed by atoms with Crippen molar-refractivity contribution in [2.45, 2.75) is 70.1 Å². The van der Waals surface area contributed by atoms with Gasteiger partial charge in [0.25, 0.3) is 10.1 Å². The van der Waals surface area contributed by atoms with E-state index in [1.165, 1.54) is 19.8 Å². The van der Waals surface area contributed by atoms with Gasteiger partial charge in [0, 0.05) is 36.9 Å². The Bertz CT molecular complexity index is 1260. The Morgan fingerprint density at radius 3 is 2.42 bits per heavy atom. The van der Waals surface area contributed by atoms with Crippen LogP contribution in [0.3, 0.4) is 0 Å². The van der Waals surface area contributed by atoms with Crippen LogP contribution in [0.1, 0.15) is 62.6 Å². The summed E-state index contributed by atoms with van der Waals surface area (Å²) in [5.41, 5.74) is 3.80. The molecule has 2 aromatic rings. The number of fused-ring (bicyclic) bond motifs is 9. The lowest BCUT2D eigenvalue weighted by atomic mass is 9.81. The quantitative estimate of drug-likeness (QED) is 0.422. The number of rotatable bonds is 3. The minimum Gasteiger partial charge on any atom is -0.507 e. The third-order valence-corrected chi connectivity index (χ3v) is 8.37. The maximum atomic E-state index is 12.6. The van der Waals surface area contributed by atoms with E-state index in [1.807, 2.05) is 24.3 Å². The van der Waals surface area contributed by atoms with Crippen molar-refractivity contribution in [1.82, 2.24) is 4.90 Å². The highest BCUT2D eigenvalue weighted by Crippen LogP contribution is 2.47. The first kappa shape index (κ1) is 28.2. The van der Waals surface area contributed by atoms with Gasteiger partial charge >= 0.3 is 5.97 Å². The molecule has 0 spiro atoms. The van der Waals surface area contributed by atoms with Crippen molar-refractivity contribution in [3.05, 3.63) is 41.5 Å². The molecular formula is C28H37NO8S. The van der Waals surface area contributed by atoms with Gasteiger partial charge in [-0.05, 0) is 73.7 Å². The number of hydrogen-bond acceptors (Lipinski definition) is 8. The molecular weight excluding hydrogens is 510 g/mol. The summed E-state index contributed by atoms with van der Waals surface area (Å²) >= 11 is 0. The fourth-order valence-electron chi connectivity index (χ4n) is 5.72. The standard InChI is InChI=1S/C26H31NO5.C2H6O3S/c1-30-24-14-19-20(15-25(24)31-2)22-13-18(12-17-5-3-4-10-27(17)22)32-26(29)9-7-16-6-8-23(28)21(19)11-16;1-2-6(3,4)5/h6,8,11,14-15,17-18,22,28H,3-5,7,9-10,12-13H2,1-2H3;2H2,1H3,(H,3,4,5)/t17-,18-,22-;/m0./s1. The number of aryl methyl sites for hydroxylation is 1. The van der Waals surface area contributed by atoms with Crippen molar-refractivity contribution in [2.75, 3.05) is 26.5 Å². The molecule has 0 unspecified atom stereocenters. The van der Waals surface area contributed by atoms with Crippen LogP contribution >= 0.6 is 0 Å². The third-order valence-electron chi connectivity index (χ3n) is 7.64. The van der Waals surface area contributed by atoms with E-state index in [1.54, 1.807) is 20.3 Å². The van der Waals surface area contributed by atoms with Gasteiger partial charge in [0.15, 0.2) is 11.5 Å². The number of carbonyl (C=O) groups is 1. The van der Waals surface area contributed by atoms with Gasteiger partial charge in [0.2, 0.25) is 0 Å². The van der Waals surface area contributed by atoms with E-state index in [0.29, 0.717) is 30.4 Å². The van der Waals surface area contributed by atoms with Crippen molar-refractivity contribution in [3.8, 4) is 28.4 Å². The van der Waals surface area contributed by atoms with E-state index in [4.69, 9.17) is 18.8 Å². The lowest BCUT2D eigenvalue weighted by molar-refractivity contribution is -0.154. The summed E-state index contributed by atoms with van der Waals surface area (Å²) in [6, 6.07) is 10.1. The summed E-state index contributed by atoms with van der Waals surface area (Å²) < 4.78 is 44.2. The van der Waals surface area contributed by atoms with E-state index < -0.39 is 10.1 Å². The molecule has 2 saturated heterocycles. The number of carbonyl (C=O) groups excluding carboxylic acids is 1. The summed E-state index contributed by atoms with van der Waals surface area (Å²) in [5.74, 6) is 1.19. The van der Waals surface area contributed by atoms with Crippen LogP contribution in [0.5, 0.6) is 17.2 Å². The molecule has 3 aliphatic rings. The number of ether oxygens (including phenoxy) is 3. The highest BCUT2D eigenvalue weighted by Gasteiger charge is 2.40. The predicted molar refractivity (Wildman–Crippen MR) is 143 cm³/mol. The number of benzene rings is 2. The summed E-state index contributed by atoms with van der Waals surface area (Å²) in [5, 5.41) is 10.8. The molecule has 2 N–H and O–H groups in total. The molecule has 38 heavy (non-hydrogen) atoms. The fourth-order valence-corrected chi connectivity index (χ4v) is 5.72. The van der Waals surface area contributed by atoms with E-state index >= 15 is 0 Å². The first-order chi connectivity index (χ1) is 18.1. The van der Waals surface area contributed by atoms with Crippen molar-refractivity contribution >= 4 is 16.1 Å². The molecule has 0 saturated carbocycles. The number of nitrogens with zero attached hydrogens (tertiary/aromatic N) is 1. The number of methoxy groups -OCH3 is 2. The lowest BCUT2D eigenvalue weighted by Crippen LogP contribution is -2.49. The summed E-state index contributed by atoms with van der Waals surface area (Å²) in [6.45, 7) is 2.39. The number of phenols is 1. The lowest BCUT2D eigenvalue weighted by Gasteiger charge is -2.48. The molecule has 3 aliphatic heterocycles. The van der Waals surface area contributed by atoms with Crippen LogP contribution in [-0.2, 0) is 26.1 Å². The molecule has 3 atom stereocenters. The zero-order valence-electron chi connectivity index (χ0n) is 22.2.